The molecule has 124 valence electrons. The van der Waals surface area contributed by atoms with Crippen LogP contribution in [0, 0.1) is 0 Å². The van der Waals surface area contributed by atoms with E-state index in [4.69, 9.17) is 18.6 Å². The van der Waals surface area contributed by atoms with E-state index in [-0.39, 0.29) is 0 Å². The molecule has 0 radical (unpaired) electrons. The van der Waals surface area contributed by atoms with E-state index in [2.05, 4.69) is 20.3 Å². The van der Waals surface area contributed by atoms with Crippen LogP contribution in [0.4, 0.5) is 11.6 Å². The molecule has 0 aliphatic rings. The largest absolute Gasteiger partial charge is 0.493 e. The van der Waals surface area contributed by atoms with Crippen LogP contribution >= 0.6 is 0 Å². The first-order chi connectivity index (χ1) is 11.7. The van der Waals surface area contributed by atoms with Gasteiger partial charge in [0.1, 0.15) is 6.33 Å². The average molecular weight is 328 g/mol. The predicted octanol–water partition coefficient (Wildman–Crippen LogP) is 2.90. The van der Waals surface area contributed by atoms with E-state index >= 15 is 0 Å². The van der Waals surface area contributed by atoms with Crippen LogP contribution in [0.1, 0.15) is 0 Å². The van der Waals surface area contributed by atoms with Crippen molar-refractivity contribution in [3.8, 4) is 28.8 Å². The van der Waals surface area contributed by atoms with Crippen molar-refractivity contribution in [2.24, 2.45) is 0 Å². The topological polar surface area (TPSA) is 91.5 Å². The van der Waals surface area contributed by atoms with Crippen molar-refractivity contribution in [2.45, 2.75) is 0 Å². The summed E-state index contributed by atoms with van der Waals surface area (Å²) in [4.78, 5) is 12.5. The van der Waals surface area contributed by atoms with E-state index in [1.54, 1.807) is 51.9 Å². The highest BCUT2D eigenvalue weighted by Crippen LogP contribution is 2.40. The molecule has 2 heterocycles. The lowest BCUT2D eigenvalue weighted by Gasteiger charge is -2.14. The van der Waals surface area contributed by atoms with Gasteiger partial charge in [0.15, 0.2) is 23.1 Å². The summed E-state index contributed by atoms with van der Waals surface area (Å²) in [6.45, 7) is 0. The zero-order chi connectivity index (χ0) is 16.9. The van der Waals surface area contributed by atoms with Crippen molar-refractivity contribution < 1.29 is 18.6 Å². The summed E-state index contributed by atoms with van der Waals surface area (Å²) in [7, 11) is 4.66. The molecule has 3 rings (SSSR count). The molecule has 24 heavy (non-hydrogen) atoms. The van der Waals surface area contributed by atoms with Crippen LogP contribution in [0.5, 0.6) is 17.2 Å². The lowest BCUT2D eigenvalue weighted by atomic mass is 10.2. The summed E-state index contributed by atoms with van der Waals surface area (Å²) < 4.78 is 21.2. The molecule has 0 atom stereocenters. The summed E-state index contributed by atoms with van der Waals surface area (Å²) in [5, 5.41) is 3.09. The number of anilines is 2. The molecule has 1 aromatic carbocycles. The summed E-state index contributed by atoms with van der Waals surface area (Å²) >= 11 is 0. The number of nitrogens with one attached hydrogen (secondary N) is 1. The Hall–Kier alpha value is -3.29. The van der Waals surface area contributed by atoms with Crippen LogP contribution < -0.4 is 19.5 Å². The number of benzene rings is 1. The predicted molar refractivity (Wildman–Crippen MR) is 86.9 cm³/mol. The SMILES string of the molecule is COc1cc(Nc2ncnc(-c3ccco3)n2)cc(OC)c1OC. The number of ether oxygens (including phenoxy) is 3. The van der Waals surface area contributed by atoms with Crippen molar-refractivity contribution in [3.63, 3.8) is 0 Å². The van der Waals surface area contributed by atoms with Crippen LogP contribution in [0.25, 0.3) is 11.6 Å². The first-order valence-corrected chi connectivity index (χ1v) is 7.05. The highest BCUT2D eigenvalue weighted by atomic mass is 16.5. The minimum absolute atomic E-state index is 0.366. The molecule has 0 saturated heterocycles. The van der Waals surface area contributed by atoms with Gasteiger partial charge < -0.3 is 23.9 Å². The molecule has 1 N–H and O–H groups in total. The third-order valence-corrected chi connectivity index (χ3v) is 3.23. The second kappa shape index (κ2) is 6.86. The summed E-state index contributed by atoms with van der Waals surface area (Å²) in [6, 6.07) is 7.07. The molecule has 2 aromatic heterocycles. The molecule has 0 amide bonds. The molecule has 8 nitrogen and oxygen atoms in total. The van der Waals surface area contributed by atoms with Gasteiger partial charge in [-0.05, 0) is 12.1 Å². The van der Waals surface area contributed by atoms with Gasteiger partial charge in [0.25, 0.3) is 0 Å². The molecule has 0 fully saturated rings. The number of hydrogen-bond donors (Lipinski definition) is 1. The van der Waals surface area contributed by atoms with Gasteiger partial charge in [0.2, 0.25) is 11.7 Å². The van der Waals surface area contributed by atoms with Crippen LogP contribution in [-0.4, -0.2) is 36.3 Å². The smallest absolute Gasteiger partial charge is 0.230 e. The van der Waals surface area contributed by atoms with Crippen LogP contribution in [-0.2, 0) is 0 Å². The Morgan fingerprint density at radius 3 is 2.33 bits per heavy atom. The van der Waals surface area contributed by atoms with Crippen molar-refractivity contribution in [3.05, 3.63) is 36.9 Å². The van der Waals surface area contributed by atoms with Gasteiger partial charge in [-0.25, -0.2) is 9.97 Å². The maximum atomic E-state index is 5.33. The highest BCUT2D eigenvalue weighted by molar-refractivity contribution is 5.66. The van der Waals surface area contributed by atoms with Crippen molar-refractivity contribution in [1.82, 2.24) is 15.0 Å². The molecular weight excluding hydrogens is 312 g/mol. The lowest BCUT2D eigenvalue weighted by molar-refractivity contribution is 0.324. The van der Waals surface area contributed by atoms with Crippen molar-refractivity contribution >= 4 is 11.6 Å². The third-order valence-electron chi connectivity index (χ3n) is 3.23. The molecular formula is C16H16N4O4. The van der Waals surface area contributed by atoms with Crippen molar-refractivity contribution in [1.29, 1.82) is 0 Å². The van der Waals surface area contributed by atoms with E-state index in [1.807, 2.05) is 0 Å². The monoisotopic (exact) mass is 328 g/mol. The van der Waals surface area contributed by atoms with E-state index in [0.717, 1.165) is 0 Å². The highest BCUT2D eigenvalue weighted by Gasteiger charge is 2.14. The Morgan fingerprint density at radius 1 is 1.00 bits per heavy atom. The van der Waals surface area contributed by atoms with Gasteiger partial charge in [-0.3, -0.25) is 0 Å². The molecule has 0 bridgehead atoms. The maximum Gasteiger partial charge on any atom is 0.230 e. The molecule has 0 aliphatic heterocycles. The minimum atomic E-state index is 0.366. The summed E-state index contributed by atoms with van der Waals surface area (Å²) in [6.07, 6.45) is 2.97. The van der Waals surface area contributed by atoms with Crippen LogP contribution in [0.3, 0.4) is 0 Å². The maximum absolute atomic E-state index is 5.33. The Bertz CT molecular complexity index is 796. The average Bonchev–Trinajstić information content (AvgIpc) is 3.15. The quantitative estimate of drug-likeness (QED) is 0.738. The second-order valence-electron chi connectivity index (χ2n) is 4.65. The van der Waals surface area contributed by atoms with Gasteiger partial charge in [-0.15, -0.1) is 0 Å². The number of rotatable bonds is 6. The van der Waals surface area contributed by atoms with Gasteiger partial charge in [-0.2, -0.15) is 4.98 Å². The van der Waals surface area contributed by atoms with Gasteiger partial charge in [0.05, 0.1) is 27.6 Å². The van der Waals surface area contributed by atoms with E-state index in [1.165, 1.54) is 6.33 Å². The Balaban J connectivity index is 1.92. The van der Waals surface area contributed by atoms with Crippen LogP contribution in [0.15, 0.2) is 41.3 Å². The zero-order valence-corrected chi connectivity index (χ0v) is 13.4. The molecule has 0 unspecified atom stereocenters. The fourth-order valence-electron chi connectivity index (χ4n) is 2.16. The van der Waals surface area contributed by atoms with Gasteiger partial charge in [0, 0.05) is 17.8 Å². The standard InChI is InChI=1S/C16H16N4O4/c1-21-12-7-10(8-13(22-2)14(12)23-3)19-16-18-9-17-15(20-16)11-5-4-6-24-11/h4-9H,1-3H3,(H,17,18,19,20). The normalized spacial score (nSPS) is 10.3. The number of furan rings is 1. The Labute approximate surface area is 138 Å². The molecule has 8 heteroatoms. The molecule has 3 aromatic rings. The van der Waals surface area contributed by atoms with Crippen LogP contribution in [0.2, 0.25) is 0 Å². The first kappa shape index (κ1) is 15.6. The fourth-order valence-corrected chi connectivity index (χ4v) is 2.16. The second-order valence-corrected chi connectivity index (χ2v) is 4.65. The Morgan fingerprint density at radius 2 is 1.75 bits per heavy atom. The summed E-state index contributed by atoms with van der Waals surface area (Å²) in [5.74, 6) is 2.93. The number of methoxy groups -OCH3 is 3. The lowest BCUT2D eigenvalue weighted by Crippen LogP contribution is -2.01. The molecule has 0 saturated carbocycles. The summed E-state index contributed by atoms with van der Waals surface area (Å²) in [5.41, 5.74) is 0.682. The van der Waals surface area contributed by atoms with Gasteiger partial charge in [-0.1, -0.05) is 0 Å². The number of hydrogen-bond acceptors (Lipinski definition) is 8. The number of nitrogens with zero attached hydrogens (tertiary/aromatic N) is 3. The van der Waals surface area contributed by atoms with E-state index < -0.39 is 0 Å². The molecule has 0 spiro atoms. The fraction of sp³-hybridized carbons (Fsp3) is 0.188. The third kappa shape index (κ3) is 3.07. The first-order valence-electron chi connectivity index (χ1n) is 7.05. The number of aromatic nitrogens is 3. The van der Waals surface area contributed by atoms with E-state index in [9.17, 15) is 0 Å². The zero-order valence-electron chi connectivity index (χ0n) is 13.4. The van der Waals surface area contributed by atoms with Crippen molar-refractivity contribution in [2.75, 3.05) is 26.6 Å². The van der Waals surface area contributed by atoms with E-state index in [0.29, 0.717) is 40.5 Å². The minimum Gasteiger partial charge on any atom is -0.493 e. The van der Waals surface area contributed by atoms with Gasteiger partial charge >= 0.3 is 0 Å². The Kier molecular flexibility index (Phi) is 4.46. The molecule has 0 aliphatic carbocycles.